The minimum atomic E-state index is -0.0164. The Balaban J connectivity index is 0.00000320. The first-order valence-corrected chi connectivity index (χ1v) is 10.9. The van der Waals surface area contributed by atoms with E-state index in [4.69, 9.17) is 26.1 Å². The van der Waals surface area contributed by atoms with Crippen molar-refractivity contribution >= 4 is 53.1 Å². The van der Waals surface area contributed by atoms with Gasteiger partial charge in [-0.2, -0.15) is 0 Å². The van der Waals surface area contributed by atoms with Crippen molar-refractivity contribution in [3.63, 3.8) is 0 Å². The topological polar surface area (TPSA) is 75.2 Å². The van der Waals surface area contributed by atoms with Gasteiger partial charge in [0.25, 0.3) is 0 Å². The number of carbonyl (C=O) groups excluding carboxylic acids is 1. The van der Waals surface area contributed by atoms with Crippen LogP contribution in [0.3, 0.4) is 0 Å². The molecule has 0 radical (unpaired) electrons. The number of nitrogens with one attached hydrogen (secondary N) is 2. The van der Waals surface area contributed by atoms with Gasteiger partial charge in [0, 0.05) is 49.9 Å². The predicted octanol–water partition coefficient (Wildman–Crippen LogP) is 3.52. The van der Waals surface area contributed by atoms with Gasteiger partial charge in [-0.1, -0.05) is 11.6 Å². The van der Waals surface area contributed by atoms with E-state index in [2.05, 4.69) is 22.5 Å². The first-order valence-electron chi connectivity index (χ1n) is 10.5. The maximum Gasteiger partial charge on any atom is 0.224 e. The van der Waals surface area contributed by atoms with Gasteiger partial charge in [0.05, 0.1) is 12.7 Å². The molecule has 2 fully saturated rings. The fourth-order valence-corrected chi connectivity index (χ4v) is 3.72. The number of guanidine groups is 1. The molecule has 3 rings (SSSR count). The lowest BCUT2D eigenvalue weighted by atomic mass is 10.1. The van der Waals surface area contributed by atoms with Gasteiger partial charge in [0.15, 0.2) is 5.96 Å². The molecule has 7 nitrogen and oxygen atoms in total. The van der Waals surface area contributed by atoms with Crippen molar-refractivity contribution in [2.24, 2.45) is 4.99 Å². The van der Waals surface area contributed by atoms with E-state index in [-0.39, 0.29) is 42.1 Å². The second-order valence-electron chi connectivity index (χ2n) is 7.30. The Labute approximate surface area is 200 Å². The third-order valence-corrected chi connectivity index (χ3v) is 5.31. The summed E-state index contributed by atoms with van der Waals surface area (Å²) in [7, 11) is 0. The van der Waals surface area contributed by atoms with Crippen molar-refractivity contribution in [2.45, 2.75) is 44.8 Å². The molecule has 0 spiro atoms. The number of halogens is 2. The van der Waals surface area contributed by atoms with Crippen LogP contribution in [0.25, 0.3) is 0 Å². The SMILES string of the molecule is CCNC(=NCCCC(=O)Nc1ccc(Cl)cc1)N1CCOC(C2CCCO2)C1.I. The van der Waals surface area contributed by atoms with Gasteiger partial charge in [-0.3, -0.25) is 9.79 Å². The number of benzene rings is 1. The number of anilines is 1. The molecule has 2 atom stereocenters. The average Bonchev–Trinajstić information content (AvgIpc) is 3.27. The van der Waals surface area contributed by atoms with Crippen molar-refractivity contribution in [1.82, 2.24) is 10.2 Å². The number of rotatable bonds is 7. The zero-order chi connectivity index (χ0) is 20.5. The summed E-state index contributed by atoms with van der Waals surface area (Å²) in [6, 6.07) is 7.11. The minimum absolute atomic E-state index is 0. The first-order chi connectivity index (χ1) is 14.2. The number of ether oxygens (including phenoxy) is 2. The average molecular weight is 551 g/mol. The van der Waals surface area contributed by atoms with E-state index in [1.54, 1.807) is 24.3 Å². The van der Waals surface area contributed by atoms with Gasteiger partial charge in [-0.25, -0.2) is 0 Å². The van der Waals surface area contributed by atoms with Crippen molar-refractivity contribution in [2.75, 3.05) is 44.7 Å². The Hall–Kier alpha value is -1.10. The van der Waals surface area contributed by atoms with Gasteiger partial charge in [-0.15, -0.1) is 24.0 Å². The molecule has 2 aliphatic rings. The molecule has 1 amide bonds. The quantitative estimate of drug-likeness (QED) is 0.235. The van der Waals surface area contributed by atoms with Crippen LogP contribution in [0.1, 0.15) is 32.6 Å². The molecule has 2 aliphatic heterocycles. The Morgan fingerprint density at radius 2 is 2.00 bits per heavy atom. The summed E-state index contributed by atoms with van der Waals surface area (Å²) in [5.41, 5.74) is 0.754. The number of carbonyl (C=O) groups is 1. The summed E-state index contributed by atoms with van der Waals surface area (Å²) >= 11 is 5.86. The second kappa shape index (κ2) is 13.3. The number of hydrogen-bond acceptors (Lipinski definition) is 4. The summed E-state index contributed by atoms with van der Waals surface area (Å²) in [6.45, 7) is 6.57. The lowest BCUT2D eigenvalue weighted by Crippen LogP contribution is -2.53. The van der Waals surface area contributed by atoms with Crippen LogP contribution in [-0.2, 0) is 14.3 Å². The molecule has 1 aromatic rings. The standard InChI is InChI=1S/C21H31ClN4O3.HI/c1-2-23-21(26-12-14-29-19(15-26)18-5-4-13-28-18)24-11-3-6-20(27)25-17-9-7-16(22)8-10-17;/h7-10,18-19H,2-6,11-15H2,1H3,(H,23,24)(H,25,27);1H. The molecular formula is C21H32ClIN4O3. The normalized spacial score (nSPS) is 21.8. The molecule has 30 heavy (non-hydrogen) atoms. The van der Waals surface area contributed by atoms with Gasteiger partial charge >= 0.3 is 0 Å². The number of morpholine rings is 1. The predicted molar refractivity (Wildman–Crippen MR) is 131 cm³/mol. The van der Waals surface area contributed by atoms with E-state index in [1.165, 1.54) is 0 Å². The van der Waals surface area contributed by atoms with E-state index in [0.29, 0.717) is 31.0 Å². The molecule has 2 unspecified atom stereocenters. The lowest BCUT2D eigenvalue weighted by Gasteiger charge is -2.37. The lowest BCUT2D eigenvalue weighted by molar-refractivity contribution is -0.116. The summed E-state index contributed by atoms with van der Waals surface area (Å²) in [4.78, 5) is 19.1. The third kappa shape index (κ3) is 7.86. The number of nitrogens with zero attached hydrogens (tertiary/aromatic N) is 2. The summed E-state index contributed by atoms with van der Waals surface area (Å²) in [6.07, 6.45) is 3.57. The fraction of sp³-hybridized carbons (Fsp3) is 0.619. The molecule has 0 aromatic heterocycles. The van der Waals surface area contributed by atoms with Crippen molar-refractivity contribution in [3.05, 3.63) is 29.3 Å². The van der Waals surface area contributed by atoms with Crippen LogP contribution in [0.5, 0.6) is 0 Å². The highest BCUT2D eigenvalue weighted by atomic mass is 127. The third-order valence-electron chi connectivity index (χ3n) is 5.06. The summed E-state index contributed by atoms with van der Waals surface area (Å²) in [5.74, 6) is 0.870. The molecule has 2 heterocycles. The number of amides is 1. The highest BCUT2D eigenvalue weighted by molar-refractivity contribution is 14.0. The Bertz CT molecular complexity index is 683. The van der Waals surface area contributed by atoms with E-state index >= 15 is 0 Å². The van der Waals surface area contributed by atoms with Gasteiger partial charge in [0.1, 0.15) is 6.10 Å². The molecule has 1 aromatic carbocycles. The highest BCUT2D eigenvalue weighted by Crippen LogP contribution is 2.21. The maximum atomic E-state index is 12.1. The van der Waals surface area contributed by atoms with Gasteiger partial charge < -0.3 is 25.0 Å². The van der Waals surface area contributed by atoms with Gasteiger partial charge in [-0.05, 0) is 50.5 Å². The van der Waals surface area contributed by atoms with Crippen LogP contribution in [0.15, 0.2) is 29.3 Å². The van der Waals surface area contributed by atoms with Crippen molar-refractivity contribution < 1.29 is 14.3 Å². The first kappa shape index (κ1) is 25.2. The molecule has 2 N–H and O–H groups in total. The Morgan fingerprint density at radius 1 is 1.23 bits per heavy atom. The summed E-state index contributed by atoms with van der Waals surface area (Å²) in [5, 5.41) is 6.89. The largest absolute Gasteiger partial charge is 0.375 e. The molecule has 0 saturated carbocycles. The van der Waals surface area contributed by atoms with E-state index in [9.17, 15) is 4.79 Å². The van der Waals surface area contributed by atoms with E-state index in [0.717, 1.165) is 50.7 Å². The highest BCUT2D eigenvalue weighted by Gasteiger charge is 2.32. The zero-order valence-corrected chi connectivity index (χ0v) is 20.5. The van der Waals surface area contributed by atoms with Crippen molar-refractivity contribution in [1.29, 1.82) is 0 Å². The number of hydrogen-bond donors (Lipinski definition) is 2. The van der Waals surface area contributed by atoms with E-state index < -0.39 is 0 Å². The second-order valence-corrected chi connectivity index (χ2v) is 7.74. The van der Waals surface area contributed by atoms with E-state index in [1.807, 2.05) is 0 Å². The van der Waals surface area contributed by atoms with Crippen LogP contribution < -0.4 is 10.6 Å². The monoisotopic (exact) mass is 550 g/mol. The molecule has 0 bridgehead atoms. The Kier molecular flexibility index (Phi) is 11.2. The molecule has 9 heteroatoms. The maximum absolute atomic E-state index is 12.1. The van der Waals surface area contributed by atoms with Crippen LogP contribution in [-0.4, -0.2) is 68.4 Å². The number of aliphatic imine (C=N–C) groups is 1. The Morgan fingerprint density at radius 3 is 2.70 bits per heavy atom. The van der Waals surface area contributed by atoms with Crippen LogP contribution in [0.4, 0.5) is 5.69 Å². The van der Waals surface area contributed by atoms with Gasteiger partial charge in [0.2, 0.25) is 5.91 Å². The van der Waals surface area contributed by atoms with Crippen LogP contribution >= 0.6 is 35.6 Å². The molecule has 168 valence electrons. The minimum Gasteiger partial charge on any atom is -0.375 e. The van der Waals surface area contributed by atoms with Crippen LogP contribution in [0.2, 0.25) is 5.02 Å². The smallest absolute Gasteiger partial charge is 0.224 e. The van der Waals surface area contributed by atoms with Crippen LogP contribution in [0, 0.1) is 0 Å². The zero-order valence-electron chi connectivity index (χ0n) is 17.4. The molecule has 0 aliphatic carbocycles. The molecular weight excluding hydrogens is 519 g/mol. The fourth-order valence-electron chi connectivity index (χ4n) is 3.60. The van der Waals surface area contributed by atoms with Crippen molar-refractivity contribution in [3.8, 4) is 0 Å². The summed E-state index contributed by atoms with van der Waals surface area (Å²) < 4.78 is 11.7. The molecule has 2 saturated heterocycles.